The van der Waals surface area contributed by atoms with E-state index >= 15 is 0 Å². The number of fused-ring (bicyclic) bond motifs is 1. The van der Waals surface area contributed by atoms with E-state index in [1.165, 1.54) is 0 Å². The lowest BCUT2D eigenvalue weighted by atomic mass is 10.3. The molecule has 0 amide bonds. The van der Waals surface area contributed by atoms with E-state index in [-0.39, 0.29) is 0 Å². The Labute approximate surface area is 87.1 Å². The third-order valence-electron chi connectivity index (χ3n) is 2.78. The van der Waals surface area contributed by atoms with Gasteiger partial charge in [0.05, 0.1) is 12.4 Å². The number of nitrogens with zero attached hydrogens (tertiary/aromatic N) is 3. The van der Waals surface area contributed by atoms with Crippen molar-refractivity contribution in [3.63, 3.8) is 0 Å². The number of ketones is 1. The molecule has 2 heterocycles. The van der Waals surface area contributed by atoms with Crippen LogP contribution in [0.2, 0.25) is 0 Å². The molecule has 0 spiro atoms. The molecular weight excluding hydrogens is 190 g/mol. The van der Waals surface area contributed by atoms with Gasteiger partial charge >= 0.3 is 0 Å². The first-order chi connectivity index (χ1) is 7.34. The van der Waals surface area contributed by atoms with Gasteiger partial charge in [0.1, 0.15) is 0 Å². The maximum absolute atomic E-state index is 11.7. The molecule has 1 fully saturated rings. The van der Waals surface area contributed by atoms with Crippen LogP contribution in [0.15, 0.2) is 30.7 Å². The van der Waals surface area contributed by atoms with Gasteiger partial charge in [-0.1, -0.05) is 0 Å². The molecule has 4 heteroatoms. The van der Waals surface area contributed by atoms with E-state index in [0.29, 0.717) is 18.2 Å². The molecular formula is C11H12N3O+. The molecule has 76 valence electrons. The molecule has 1 aliphatic carbocycles. The highest BCUT2D eigenvalue weighted by molar-refractivity contribution is 5.81. The second-order valence-electron chi connectivity index (χ2n) is 3.98. The van der Waals surface area contributed by atoms with E-state index < -0.39 is 0 Å². The summed E-state index contributed by atoms with van der Waals surface area (Å²) in [6.07, 6.45) is 7.66. The predicted octanol–water partition coefficient (Wildman–Crippen LogP) is 0.601. The summed E-state index contributed by atoms with van der Waals surface area (Å²) in [6.45, 7) is 0.457. The lowest BCUT2D eigenvalue weighted by Crippen LogP contribution is -2.44. The van der Waals surface area contributed by atoms with Crippen LogP contribution in [-0.2, 0) is 11.3 Å². The Morgan fingerprint density at radius 3 is 3.27 bits per heavy atom. The van der Waals surface area contributed by atoms with Crippen LogP contribution in [0, 0.1) is 5.92 Å². The van der Waals surface area contributed by atoms with Gasteiger partial charge in [-0.3, -0.25) is 4.79 Å². The van der Waals surface area contributed by atoms with E-state index in [0.717, 1.165) is 18.5 Å². The molecule has 15 heavy (non-hydrogen) atoms. The van der Waals surface area contributed by atoms with Gasteiger partial charge in [-0.25, -0.2) is 4.98 Å². The molecule has 4 nitrogen and oxygen atoms in total. The van der Waals surface area contributed by atoms with Gasteiger partial charge in [-0.05, 0) is 18.9 Å². The number of Topliss-reactive ketones (excluding diaryl/α,β-unsaturated/α-hetero) is 1. The van der Waals surface area contributed by atoms with Crippen molar-refractivity contribution in [1.29, 1.82) is 0 Å². The zero-order chi connectivity index (χ0) is 10.3. The van der Waals surface area contributed by atoms with Crippen LogP contribution < -0.4 is 4.68 Å². The SMILES string of the molecule is O=C(C[n+]1cccc2nccn21)C1CC1. The fourth-order valence-electron chi connectivity index (χ4n) is 1.77. The molecule has 3 rings (SSSR count). The summed E-state index contributed by atoms with van der Waals surface area (Å²) in [6, 6.07) is 3.85. The van der Waals surface area contributed by atoms with Gasteiger partial charge in [0.25, 0.3) is 0 Å². The van der Waals surface area contributed by atoms with Gasteiger partial charge in [0.2, 0.25) is 12.3 Å². The summed E-state index contributed by atoms with van der Waals surface area (Å²) >= 11 is 0. The number of carbonyl (C=O) groups is 1. The van der Waals surface area contributed by atoms with Gasteiger partial charge in [0, 0.05) is 12.0 Å². The van der Waals surface area contributed by atoms with E-state index in [4.69, 9.17) is 0 Å². The molecule has 2 aromatic rings. The molecule has 0 aliphatic heterocycles. The van der Waals surface area contributed by atoms with Crippen LogP contribution in [0.25, 0.3) is 5.65 Å². The molecule has 1 saturated carbocycles. The van der Waals surface area contributed by atoms with Crippen LogP contribution in [0.5, 0.6) is 0 Å². The zero-order valence-electron chi connectivity index (χ0n) is 8.34. The quantitative estimate of drug-likeness (QED) is 0.684. The summed E-state index contributed by atoms with van der Waals surface area (Å²) in [5, 5.41) is 0. The van der Waals surface area contributed by atoms with Gasteiger partial charge < -0.3 is 0 Å². The highest BCUT2D eigenvalue weighted by Gasteiger charge is 2.32. The van der Waals surface area contributed by atoms with Crippen molar-refractivity contribution in [3.05, 3.63) is 30.7 Å². The average Bonchev–Trinajstić information content (AvgIpc) is 2.97. The molecule has 2 aromatic heterocycles. The summed E-state index contributed by atoms with van der Waals surface area (Å²) < 4.78 is 3.81. The number of carbonyl (C=O) groups excluding carboxylic acids is 1. The minimum Gasteiger partial charge on any atom is -0.292 e. The van der Waals surface area contributed by atoms with Gasteiger partial charge in [-0.2, -0.15) is 0 Å². The molecule has 0 atom stereocenters. The van der Waals surface area contributed by atoms with Crippen LogP contribution in [-0.4, -0.2) is 15.3 Å². The second-order valence-corrected chi connectivity index (χ2v) is 3.98. The highest BCUT2D eigenvalue weighted by Crippen LogP contribution is 2.29. The first-order valence-electron chi connectivity index (χ1n) is 5.19. The molecule has 1 aliphatic rings. The molecule has 0 bridgehead atoms. The maximum atomic E-state index is 11.7. The number of hydrogen-bond acceptors (Lipinski definition) is 2. The maximum Gasteiger partial charge on any atom is 0.230 e. The minimum atomic E-state index is 0.316. The van der Waals surface area contributed by atoms with Crippen molar-refractivity contribution in [2.45, 2.75) is 19.4 Å². The number of imidazole rings is 1. The van der Waals surface area contributed by atoms with Gasteiger partial charge in [-0.15, -0.1) is 9.20 Å². The summed E-state index contributed by atoms with van der Waals surface area (Å²) in [7, 11) is 0. The summed E-state index contributed by atoms with van der Waals surface area (Å²) in [5.41, 5.74) is 0.876. The summed E-state index contributed by atoms with van der Waals surface area (Å²) in [5.74, 6) is 0.650. The van der Waals surface area contributed by atoms with Crippen molar-refractivity contribution in [2.24, 2.45) is 5.92 Å². The molecule has 0 unspecified atom stereocenters. The Morgan fingerprint density at radius 2 is 2.47 bits per heavy atom. The van der Waals surface area contributed by atoms with E-state index in [1.807, 2.05) is 33.7 Å². The second kappa shape index (κ2) is 3.15. The Hall–Kier alpha value is -1.71. The smallest absolute Gasteiger partial charge is 0.230 e. The fraction of sp³-hybridized carbons (Fsp3) is 0.364. The Morgan fingerprint density at radius 1 is 1.60 bits per heavy atom. The third-order valence-corrected chi connectivity index (χ3v) is 2.78. The molecule has 0 radical (unpaired) electrons. The monoisotopic (exact) mass is 202 g/mol. The summed E-state index contributed by atoms with van der Waals surface area (Å²) in [4.78, 5) is 15.9. The lowest BCUT2D eigenvalue weighted by Gasteiger charge is -1.97. The topological polar surface area (TPSA) is 38.2 Å². The standard InChI is InChI=1S/C11H12N3O/c15-10(9-3-4-9)8-13-6-1-2-11-12-5-7-14(11)13/h1-2,5-7,9H,3-4,8H2/q+1. The number of rotatable bonds is 3. The normalized spacial score (nSPS) is 15.7. The van der Waals surface area contributed by atoms with Crippen LogP contribution in [0.1, 0.15) is 12.8 Å². The number of hydrogen-bond donors (Lipinski definition) is 0. The lowest BCUT2D eigenvalue weighted by molar-refractivity contribution is -0.752. The van der Waals surface area contributed by atoms with Gasteiger partial charge in [0.15, 0.2) is 11.8 Å². The molecule has 0 N–H and O–H groups in total. The van der Waals surface area contributed by atoms with Crippen molar-refractivity contribution in [1.82, 2.24) is 9.50 Å². The minimum absolute atomic E-state index is 0.316. The first-order valence-corrected chi connectivity index (χ1v) is 5.19. The van der Waals surface area contributed by atoms with E-state index in [9.17, 15) is 4.79 Å². The Balaban J connectivity index is 1.95. The average molecular weight is 202 g/mol. The number of aromatic nitrogens is 3. The third kappa shape index (κ3) is 1.52. The fourth-order valence-corrected chi connectivity index (χ4v) is 1.77. The molecule has 0 aromatic carbocycles. The van der Waals surface area contributed by atoms with Crippen molar-refractivity contribution >= 4 is 11.4 Å². The van der Waals surface area contributed by atoms with Crippen molar-refractivity contribution in [2.75, 3.05) is 0 Å². The van der Waals surface area contributed by atoms with Crippen molar-refractivity contribution in [3.8, 4) is 0 Å². The Kier molecular flexibility index (Phi) is 1.80. The molecule has 0 saturated heterocycles. The zero-order valence-corrected chi connectivity index (χ0v) is 8.34. The van der Waals surface area contributed by atoms with Crippen molar-refractivity contribution < 1.29 is 9.48 Å². The van der Waals surface area contributed by atoms with Crippen LogP contribution in [0.3, 0.4) is 0 Å². The Bertz CT molecular complexity index is 513. The first kappa shape index (κ1) is 8.59. The largest absolute Gasteiger partial charge is 0.292 e. The van der Waals surface area contributed by atoms with Crippen LogP contribution in [0.4, 0.5) is 0 Å². The van der Waals surface area contributed by atoms with E-state index in [1.54, 1.807) is 6.20 Å². The highest BCUT2D eigenvalue weighted by atomic mass is 16.1. The predicted molar refractivity (Wildman–Crippen MR) is 53.1 cm³/mol. The van der Waals surface area contributed by atoms with Crippen LogP contribution >= 0.6 is 0 Å². The van der Waals surface area contributed by atoms with E-state index in [2.05, 4.69) is 4.98 Å².